The third-order valence-corrected chi connectivity index (χ3v) is 5.22. The van der Waals surface area contributed by atoms with E-state index in [1.807, 2.05) is 18.2 Å². The number of hydrogen-bond donors (Lipinski definition) is 3. The smallest absolute Gasteiger partial charge is 0.110 e. The maximum absolute atomic E-state index is 10.5. The van der Waals surface area contributed by atoms with Crippen LogP contribution >= 0.6 is 0 Å². The fourth-order valence-electron chi connectivity index (χ4n) is 4.14. The van der Waals surface area contributed by atoms with Crippen molar-refractivity contribution in [3.63, 3.8) is 0 Å². The van der Waals surface area contributed by atoms with E-state index in [-0.39, 0.29) is 0 Å². The van der Waals surface area contributed by atoms with Gasteiger partial charge in [-0.2, -0.15) is 0 Å². The van der Waals surface area contributed by atoms with Gasteiger partial charge in [0.2, 0.25) is 0 Å². The van der Waals surface area contributed by atoms with Crippen LogP contribution in [-0.4, -0.2) is 27.5 Å². The van der Waals surface area contributed by atoms with Gasteiger partial charge < -0.3 is 15.3 Å². The second-order valence-electron chi connectivity index (χ2n) is 6.51. The van der Waals surface area contributed by atoms with Crippen LogP contribution in [0.3, 0.4) is 0 Å². The van der Waals surface area contributed by atoms with E-state index in [4.69, 9.17) is 0 Å². The fraction of sp³-hybridized carbons (Fsp3) is 0.200. The van der Waals surface area contributed by atoms with Crippen molar-refractivity contribution in [2.24, 2.45) is 0 Å². The predicted molar refractivity (Wildman–Crippen MR) is 90.8 cm³/mol. The normalized spacial score (nSPS) is 24.6. The van der Waals surface area contributed by atoms with E-state index < -0.39 is 18.3 Å². The second kappa shape index (κ2) is 4.42. The predicted octanol–water partition coefficient (Wildman–Crippen LogP) is 2.90. The molecule has 4 aromatic carbocycles. The number of aliphatic hydroxyl groups is 3. The van der Waals surface area contributed by atoms with Crippen LogP contribution in [0.2, 0.25) is 0 Å². The zero-order chi connectivity index (χ0) is 15.7. The van der Waals surface area contributed by atoms with E-state index in [2.05, 4.69) is 30.3 Å². The van der Waals surface area contributed by atoms with Gasteiger partial charge in [0.05, 0.1) is 6.10 Å². The molecule has 3 heteroatoms. The first-order valence-corrected chi connectivity index (χ1v) is 7.88. The number of aliphatic hydroxyl groups excluding tert-OH is 3. The van der Waals surface area contributed by atoms with E-state index in [9.17, 15) is 15.3 Å². The lowest BCUT2D eigenvalue weighted by atomic mass is 9.80. The van der Waals surface area contributed by atoms with Gasteiger partial charge >= 0.3 is 0 Å². The van der Waals surface area contributed by atoms with Crippen molar-refractivity contribution in [1.29, 1.82) is 0 Å². The summed E-state index contributed by atoms with van der Waals surface area (Å²) in [6.45, 7) is 0. The summed E-state index contributed by atoms with van der Waals surface area (Å²) in [6, 6.07) is 16.6. The highest BCUT2D eigenvalue weighted by Gasteiger charge is 2.35. The number of fused-ring (bicyclic) bond motifs is 2. The number of rotatable bonds is 0. The Kier molecular flexibility index (Phi) is 2.55. The third-order valence-electron chi connectivity index (χ3n) is 5.22. The van der Waals surface area contributed by atoms with Gasteiger partial charge in [0.15, 0.2) is 0 Å². The van der Waals surface area contributed by atoms with Gasteiger partial charge in [-0.15, -0.1) is 0 Å². The molecule has 0 aromatic heterocycles. The standard InChI is InChI=1S/C20H16O3/c21-15-9-13-8-12-5-4-10-2-1-3-11-6-7-14(17(12)16(10)11)18(13)20(23)19(15)22/h1-8,15,19-23H,9H2/t15-,19-,20-/m1/s1. The van der Waals surface area contributed by atoms with E-state index in [0.29, 0.717) is 6.42 Å². The molecule has 0 amide bonds. The summed E-state index contributed by atoms with van der Waals surface area (Å²) in [4.78, 5) is 0. The molecule has 5 rings (SSSR count). The Morgan fingerprint density at radius 2 is 1.48 bits per heavy atom. The lowest BCUT2D eigenvalue weighted by molar-refractivity contribution is -0.0678. The molecular formula is C20H16O3. The molecule has 23 heavy (non-hydrogen) atoms. The Balaban J connectivity index is 2.00. The Labute approximate surface area is 132 Å². The molecule has 1 aliphatic carbocycles. The monoisotopic (exact) mass is 304 g/mol. The minimum atomic E-state index is -1.14. The maximum Gasteiger partial charge on any atom is 0.110 e. The largest absolute Gasteiger partial charge is 0.390 e. The Hall–Kier alpha value is -2.20. The average molecular weight is 304 g/mol. The molecule has 0 fully saturated rings. The van der Waals surface area contributed by atoms with Gasteiger partial charge in [-0.05, 0) is 43.4 Å². The van der Waals surface area contributed by atoms with Crippen LogP contribution in [0.5, 0.6) is 0 Å². The molecule has 114 valence electrons. The van der Waals surface area contributed by atoms with Crippen LogP contribution in [0, 0.1) is 0 Å². The van der Waals surface area contributed by atoms with Crippen molar-refractivity contribution in [2.75, 3.05) is 0 Å². The van der Waals surface area contributed by atoms with Crippen molar-refractivity contribution in [2.45, 2.75) is 24.7 Å². The topological polar surface area (TPSA) is 60.7 Å². The minimum absolute atomic E-state index is 0.365. The van der Waals surface area contributed by atoms with Gasteiger partial charge in [0.25, 0.3) is 0 Å². The summed E-state index contributed by atoms with van der Waals surface area (Å²) in [5, 5.41) is 37.3. The van der Waals surface area contributed by atoms with E-state index >= 15 is 0 Å². The van der Waals surface area contributed by atoms with Crippen LogP contribution in [0.1, 0.15) is 17.2 Å². The molecule has 0 spiro atoms. The van der Waals surface area contributed by atoms with Crippen LogP contribution < -0.4 is 0 Å². The molecule has 0 bridgehead atoms. The van der Waals surface area contributed by atoms with Crippen molar-refractivity contribution in [1.82, 2.24) is 0 Å². The molecular weight excluding hydrogens is 288 g/mol. The van der Waals surface area contributed by atoms with E-state index in [0.717, 1.165) is 27.3 Å². The van der Waals surface area contributed by atoms with Gasteiger partial charge in [-0.1, -0.05) is 48.5 Å². The highest BCUT2D eigenvalue weighted by atomic mass is 16.4. The SMILES string of the molecule is O[C@@H]1[C@H](O)Cc2cc3ccc4cccc5ccc(c2[C@H]1O)c3c45. The highest BCUT2D eigenvalue weighted by Crippen LogP contribution is 2.42. The van der Waals surface area contributed by atoms with Crippen LogP contribution in [0.15, 0.2) is 48.5 Å². The zero-order valence-electron chi connectivity index (χ0n) is 12.4. The number of hydrogen-bond acceptors (Lipinski definition) is 3. The summed E-state index contributed by atoms with van der Waals surface area (Å²) in [6.07, 6.45) is -2.76. The van der Waals surface area contributed by atoms with Crippen LogP contribution in [0.4, 0.5) is 0 Å². The average Bonchev–Trinajstić information content (AvgIpc) is 2.57. The zero-order valence-corrected chi connectivity index (χ0v) is 12.4. The highest BCUT2D eigenvalue weighted by molar-refractivity contribution is 6.23. The summed E-state index contributed by atoms with van der Waals surface area (Å²) in [5.41, 5.74) is 1.68. The Morgan fingerprint density at radius 3 is 2.26 bits per heavy atom. The molecule has 3 nitrogen and oxygen atoms in total. The summed E-state index contributed by atoms with van der Waals surface area (Å²) < 4.78 is 0. The summed E-state index contributed by atoms with van der Waals surface area (Å²) in [7, 11) is 0. The lowest BCUT2D eigenvalue weighted by Gasteiger charge is -2.32. The third kappa shape index (κ3) is 1.64. The first-order valence-electron chi connectivity index (χ1n) is 7.88. The molecule has 3 N–H and O–H groups in total. The van der Waals surface area contributed by atoms with Gasteiger partial charge in [-0.25, -0.2) is 0 Å². The Morgan fingerprint density at radius 1 is 0.783 bits per heavy atom. The molecule has 0 saturated carbocycles. The van der Waals surface area contributed by atoms with Gasteiger partial charge in [0.1, 0.15) is 12.2 Å². The maximum atomic E-state index is 10.5. The molecule has 4 aromatic rings. The molecule has 0 radical (unpaired) electrons. The van der Waals surface area contributed by atoms with Crippen LogP contribution in [-0.2, 0) is 6.42 Å². The van der Waals surface area contributed by atoms with Crippen molar-refractivity contribution in [3.8, 4) is 0 Å². The summed E-state index contributed by atoms with van der Waals surface area (Å²) >= 11 is 0. The van der Waals surface area contributed by atoms with Crippen molar-refractivity contribution < 1.29 is 15.3 Å². The lowest BCUT2D eigenvalue weighted by Crippen LogP contribution is -2.38. The first kappa shape index (κ1) is 13.3. The molecule has 0 aliphatic heterocycles. The van der Waals surface area contributed by atoms with Gasteiger partial charge in [-0.3, -0.25) is 0 Å². The second-order valence-corrected chi connectivity index (χ2v) is 6.51. The van der Waals surface area contributed by atoms with Crippen LogP contribution in [0.25, 0.3) is 32.3 Å². The molecule has 0 saturated heterocycles. The van der Waals surface area contributed by atoms with Crippen molar-refractivity contribution in [3.05, 3.63) is 59.7 Å². The van der Waals surface area contributed by atoms with Crippen molar-refractivity contribution >= 4 is 32.3 Å². The Bertz CT molecular complexity index is 1040. The minimum Gasteiger partial charge on any atom is -0.390 e. The molecule has 0 heterocycles. The molecule has 3 atom stereocenters. The van der Waals surface area contributed by atoms with E-state index in [1.54, 1.807) is 0 Å². The summed E-state index contributed by atoms with van der Waals surface area (Å²) in [5.74, 6) is 0. The number of benzene rings is 4. The fourth-order valence-corrected chi connectivity index (χ4v) is 4.14. The molecule has 1 aliphatic rings. The van der Waals surface area contributed by atoms with E-state index in [1.165, 1.54) is 16.2 Å². The molecule has 0 unspecified atom stereocenters. The van der Waals surface area contributed by atoms with Gasteiger partial charge in [0, 0.05) is 6.42 Å². The quantitative estimate of drug-likeness (QED) is 0.438. The first-order chi connectivity index (χ1) is 11.1.